The zero-order valence-corrected chi connectivity index (χ0v) is 10.4. The van der Waals surface area contributed by atoms with Gasteiger partial charge in [-0.05, 0) is 36.4 Å². The van der Waals surface area contributed by atoms with Crippen LogP contribution in [0.4, 0.5) is 14.5 Å². The first kappa shape index (κ1) is 14.4. The molecule has 21 heavy (non-hydrogen) atoms. The fourth-order valence-corrected chi connectivity index (χ4v) is 1.65. The van der Waals surface area contributed by atoms with E-state index in [0.717, 1.165) is 18.2 Å². The Hall–Kier alpha value is -2.96. The molecule has 2 aromatic carbocycles. The highest BCUT2D eigenvalue weighted by Gasteiger charge is 2.15. The number of nitrogens with one attached hydrogen (secondary N) is 1. The molecule has 0 saturated heterocycles. The lowest BCUT2D eigenvalue weighted by Gasteiger charge is -2.09. The van der Waals surface area contributed by atoms with Gasteiger partial charge in [-0.2, -0.15) is 0 Å². The summed E-state index contributed by atoms with van der Waals surface area (Å²) in [5, 5.41) is 20.5. The molecule has 108 valence electrons. The number of aromatic carboxylic acids is 1. The Morgan fingerprint density at radius 1 is 1.00 bits per heavy atom. The molecular formula is C14H9F2NO4. The fourth-order valence-electron chi connectivity index (χ4n) is 1.65. The molecular weight excluding hydrogens is 284 g/mol. The third-order valence-electron chi connectivity index (χ3n) is 2.66. The average Bonchev–Trinajstić information content (AvgIpc) is 2.43. The van der Waals surface area contributed by atoms with Gasteiger partial charge in [0.2, 0.25) is 0 Å². The van der Waals surface area contributed by atoms with Crippen LogP contribution in [0.25, 0.3) is 0 Å². The lowest BCUT2D eigenvalue weighted by molar-refractivity contribution is 0.0697. The molecule has 7 heteroatoms. The van der Waals surface area contributed by atoms with Gasteiger partial charge in [0.25, 0.3) is 5.91 Å². The van der Waals surface area contributed by atoms with Gasteiger partial charge in [0.05, 0.1) is 11.3 Å². The third kappa shape index (κ3) is 3.14. The Morgan fingerprint density at radius 2 is 1.71 bits per heavy atom. The van der Waals surface area contributed by atoms with Crippen LogP contribution >= 0.6 is 0 Å². The number of carbonyl (C=O) groups excluding carboxylic acids is 1. The molecule has 0 unspecified atom stereocenters. The lowest BCUT2D eigenvalue weighted by atomic mass is 10.1. The Bertz CT molecular complexity index is 731. The first-order chi connectivity index (χ1) is 9.88. The molecule has 0 aliphatic heterocycles. The molecule has 0 aromatic heterocycles. The van der Waals surface area contributed by atoms with E-state index in [1.807, 2.05) is 0 Å². The molecule has 0 saturated carbocycles. The van der Waals surface area contributed by atoms with Crippen molar-refractivity contribution >= 4 is 17.6 Å². The number of aromatic hydroxyl groups is 1. The number of halogens is 2. The van der Waals surface area contributed by atoms with Crippen LogP contribution in [0.3, 0.4) is 0 Å². The van der Waals surface area contributed by atoms with E-state index in [1.165, 1.54) is 12.1 Å². The van der Waals surface area contributed by atoms with Crippen molar-refractivity contribution in [1.82, 2.24) is 0 Å². The van der Waals surface area contributed by atoms with Gasteiger partial charge in [0.1, 0.15) is 5.75 Å². The van der Waals surface area contributed by atoms with Crippen molar-refractivity contribution in [3.8, 4) is 5.75 Å². The van der Waals surface area contributed by atoms with Crippen molar-refractivity contribution in [2.24, 2.45) is 0 Å². The summed E-state index contributed by atoms with van der Waals surface area (Å²) in [5.74, 6) is -4.72. The van der Waals surface area contributed by atoms with Gasteiger partial charge in [-0.15, -0.1) is 0 Å². The summed E-state index contributed by atoms with van der Waals surface area (Å²) in [6.45, 7) is 0. The molecule has 2 rings (SSSR count). The van der Waals surface area contributed by atoms with Gasteiger partial charge in [-0.25, -0.2) is 13.6 Å². The minimum atomic E-state index is -1.36. The Morgan fingerprint density at radius 3 is 2.33 bits per heavy atom. The van der Waals surface area contributed by atoms with Crippen LogP contribution in [-0.4, -0.2) is 22.1 Å². The van der Waals surface area contributed by atoms with E-state index in [1.54, 1.807) is 0 Å². The molecule has 0 aliphatic rings. The number of phenols is 1. The van der Waals surface area contributed by atoms with E-state index in [2.05, 4.69) is 5.32 Å². The number of carboxylic acids is 1. The number of anilines is 1. The van der Waals surface area contributed by atoms with Crippen LogP contribution in [-0.2, 0) is 0 Å². The maximum Gasteiger partial charge on any atom is 0.337 e. The number of rotatable bonds is 3. The molecule has 0 radical (unpaired) electrons. The molecule has 0 atom stereocenters. The summed E-state index contributed by atoms with van der Waals surface area (Å²) in [5.41, 5.74) is -0.570. The molecule has 0 bridgehead atoms. The molecule has 0 fully saturated rings. The maximum atomic E-state index is 13.1. The van der Waals surface area contributed by atoms with E-state index in [-0.39, 0.29) is 22.6 Å². The number of hydrogen-bond acceptors (Lipinski definition) is 3. The van der Waals surface area contributed by atoms with Gasteiger partial charge in [0.15, 0.2) is 11.6 Å². The van der Waals surface area contributed by atoms with Crippen molar-refractivity contribution < 1.29 is 28.6 Å². The predicted octanol–water partition coefficient (Wildman–Crippen LogP) is 2.62. The van der Waals surface area contributed by atoms with Gasteiger partial charge in [-0.1, -0.05) is 0 Å². The van der Waals surface area contributed by atoms with Crippen molar-refractivity contribution in [1.29, 1.82) is 0 Å². The molecule has 1 amide bonds. The van der Waals surface area contributed by atoms with Crippen molar-refractivity contribution in [2.45, 2.75) is 0 Å². The second kappa shape index (κ2) is 5.58. The van der Waals surface area contributed by atoms with Crippen LogP contribution in [0, 0.1) is 11.6 Å². The Labute approximate surface area is 117 Å². The average molecular weight is 293 g/mol. The van der Waals surface area contributed by atoms with Crippen molar-refractivity contribution in [3.05, 3.63) is 59.2 Å². The monoisotopic (exact) mass is 293 g/mol. The SMILES string of the molecule is O=C(Nc1ccc(O)cc1C(=O)O)c1ccc(F)c(F)c1. The van der Waals surface area contributed by atoms with E-state index >= 15 is 0 Å². The second-order valence-electron chi connectivity index (χ2n) is 4.12. The zero-order chi connectivity index (χ0) is 15.6. The number of amides is 1. The molecule has 0 heterocycles. The predicted molar refractivity (Wildman–Crippen MR) is 69.4 cm³/mol. The normalized spacial score (nSPS) is 10.2. The lowest BCUT2D eigenvalue weighted by Crippen LogP contribution is -2.15. The van der Waals surface area contributed by atoms with Crippen LogP contribution in [0.5, 0.6) is 5.75 Å². The van der Waals surface area contributed by atoms with Crippen LogP contribution in [0.1, 0.15) is 20.7 Å². The maximum absolute atomic E-state index is 13.1. The molecule has 5 nitrogen and oxygen atoms in total. The van der Waals surface area contributed by atoms with Crippen LogP contribution < -0.4 is 5.32 Å². The number of hydrogen-bond donors (Lipinski definition) is 3. The minimum absolute atomic E-state index is 0.0740. The van der Waals surface area contributed by atoms with Gasteiger partial charge in [-0.3, -0.25) is 4.79 Å². The Kier molecular flexibility index (Phi) is 3.84. The quantitative estimate of drug-likeness (QED) is 0.759. The summed E-state index contributed by atoms with van der Waals surface area (Å²) in [4.78, 5) is 22.9. The highest BCUT2D eigenvalue weighted by Crippen LogP contribution is 2.22. The third-order valence-corrected chi connectivity index (χ3v) is 2.66. The van der Waals surface area contributed by atoms with Gasteiger partial charge < -0.3 is 15.5 Å². The van der Waals surface area contributed by atoms with E-state index < -0.39 is 23.5 Å². The smallest absolute Gasteiger partial charge is 0.337 e. The first-order valence-electron chi connectivity index (χ1n) is 5.71. The number of phenolic OH excluding ortho intramolecular Hbond substituents is 1. The summed E-state index contributed by atoms with van der Waals surface area (Å²) in [6, 6.07) is 5.90. The number of benzene rings is 2. The number of carboxylic acid groups (broad SMARTS) is 1. The molecule has 0 aliphatic carbocycles. The van der Waals surface area contributed by atoms with Crippen LogP contribution in [0.2, 0.25) is 0 Å². The Balaban J connectivity index is 2.31. The minimum Gasteiger partial charge on any atom is -0.508 e. The van der Waals surface area contributed by atoms with E-state index in [4.69, 9.17) is 5.11 Å². The standard InChI is InChI=1S/C14H9F2NO4/c15-10-3-1-7(5-11(10)16)13(19)17-12-4-2-8(18)6-9(12)14(20)21/h1-6,18H,(H,17,19)(H,20,21). The highest BCUT2D eigenvalue weighted by atomic mass is 19.2. The van der Waals surface area contributed by atoms with Gasteiger partial charge >= 0.3 is 5.97 Å². The first-order valence-corrected chi connectivity index (χ1v) is 5.71. The summed E-state index contributed by atoms with van der Waals surface area (Å²) >= 11 is 0. The van der Waals surface area contributed by atoms with Crippen LogP contribution in [0.15, 0.2) is 36.4 Å². The summed E-state index contributed by atoms with van der Waals surface area (Å²) in [6.07, 6.45) is 0. The zero-order valence-electron chi connectivity index (χ0n) is 10.4. The summed E-state index contributed by atoms with van der Waals surface area (Å²) < 4.78 is 25.8. The van der Waals surface area contributed by atoms with Gasteiger partial charge in [0, 0.05) is 5.56 Å². The molecule has 3 N–H and O–H groups in total. The topological polar surface area (TPSA) is 86.6 Å². The van der Waals surface area contributed by atoms with Crippen molar-refractivity contribution in [2.75, 3.05) is 5.32 Å². The van der Waals surface area contributed by atoms with Crippen molar-refractivity contribution in [3.63, 3.8) is 0 Å². The summed E-state index contributed by atoms with van der Waals surface area (Å²) in [7, 11) is 0. The van der Waals surface area contributed by atoms with E-state index in [0.29, 0.717) is 6.07 Å². The number of carbonyl (C=O) groups is 2. The molecule has 2 aromatic rings. The second-order valence-corrected chi connectivity index (χ2v) is 4.12. The largest absolute Gasteiger partial charge is 0.508 e. The fraction of sp³-hybridized carbons (Fsp3) is 0. The molecule has 0 spiro atoms. The van der Waals surface area contributed by atoms with E-state index in [9.17, 15) is 23.5 Å². The highest BCUT2D eigenvalue weighted by molar-refractivity contribution is 6.07.